The maximum Gasteiger partial charge on any atom is 0.325 e. The number of amides is 3. The molecule has 0 unspecified atom stereocenters. The smallest absolute Gasteiger partial charge is 0.325 e. The van der Waals surface area contributed by atoms with E-state index in [1.54, 1.807) is 29.6 Å². The van der Waals surface area contributed by atoms with E-state index in [0.29, 0.717) is 34.6 Å². The number of hydrogen-bond donors (Lipinski definition) is 2. The Morgan fingerprint density at radius 2 is 1.83 bits per heavy atom. The molecule has 0 atom stereocenters. The molecule has 1 aliphatic heterocycles. The van der Waals surface area contributed by atoms with Crippen molar-refractivity contribution in [1.82, 2.24) is 9.88 Å². The van der Waals surface area contributed by atoms with Gasteiger partial charge in [0.2, 0.25) is 5.91 Å². The monoisotopic (exact) mass is 426 g/mol. The van der Waals surface area contributed by atoms with Gasteiger partial charge in [0.05, 0.1) is 12.1 Å². The quantitative estimate of drug-likeness (QED) is 0.641. The number of benzene rings is 2. The molecule has 0 saturated heterocycles. The number of thiazole rings is 1. The average molecular weight is 427 g/mol. The van der Waals surface area contributed by atoms with Crippen LogP contribution in [0.1, 0.15) is 16.8 Å². The van der Waals surface area contributed by atoms with E-state index in [1.165, 1.54) is 22.5 Å². The Balaban J connectivity index is 1.31. The highest BCUT2D eigenvalue weighted by atomic mass is 35.5. The number of hydrogen-bond acceptors (Lipinski definition) is 4. The van der Waals surface area contributed by atoms with Crippen molar-refractivity contribution in [3.05, 3.63) is 75.8 Å². The predicted octanol–water partition coefficient (Wildman–Crippen LogP) is 4.57. The van der Waals surface area contributed by atoms with Crippen molar-refractivity contribution in [2.24, 2.45) is 0 Å². The first kappa shape index (κ1) is 19.4. The predicted molar refractivity (Wildman–Crippen MR) is 115 cm³/mol. The lowest BCUT2D eigenvalue weighted by atomic mass is 10.00. The lowest BCUT2D eigenvalue weighted by Crippen LogP contribution is -2.36. The van der Waals surface area contributed by atoms with Gasteiger partial charge >= 0.3 is 6.03 Å². The summed E-state index contributed by atoms with van der Waals surface area (Å²) >= 11 is 7.13. The maximum atomic E-state index is 12.7. The van der Waals surface area contributed by atoms with Crippen LogP contribution in [0.2, 0.25) is 5.02 Å². The SMILES string of the molecule is O=C(Nc1ccc(Cl)cc1)Nc1nc(CC(=O)N2CCc3ccccc3C2)cs1. The summed E-state index contributed by atoms with van der Waals surface area (Å²) in [4.78, 5) is 31.0. The van der Waals surface area contributed by atoms with E-state index in [-0.39, 0.29) is 12.3 Å². The molecule has 4 rings (SSSR count). The normalized spacial score (nSPS) is 12.9. The summed E-state index contributed by atoms with van der Waals surface area (Å²) in [5.41, 5.74) is 3.79. The summed E-state index contributed by atoms with van der Waals surface area (Å²) in [6, 6.07) is 14.6. The topological polar surface area (TPSA) is 74.3 Å². The highest BCUT2D eigenvalue weighted by Crippen LogP contribution is 2.21. The van der Waals surface area contributed by atoms with E-state index >= 15 is 0 Å². The van der Waals surface area contributed by atoms with E-state index in [4.69, 9.17) is 11.6 Å². The molecule has 148 valence electrons. The van der Waals surface area contributed by atoms with E-state index in [1.807, 2.05) is 17.0 Å². The van der Waals surface area contributed by atoms with Gasteiger partial charge in [-0.05, 0) is 41.8 Å². The molecule has 2 aromatic carbocycles. The number of fused-ring (bicyclic) bond motifs is 1. The Morgan fingerprint density at radius 3 is 2.62 bits per heavy atom. The van der Waals surface area contributed by atoms with Gasteiger partial charge in [-0.2, -0.15) is 0 Å². The molecular formula is C21H19ClN4O2S. The number of aromatic nitrogens is 1. The number of carbonyl (C=O) groups is 2. The number of nitrogens with one attached hydrogen (secondary N) is 2. The fourth-order valence-corrected chi connectivity index (χ4v) is 4.04. The van der Waals surface area contributed by atoms with Crippen LogP contribution in [0.5, 0.6) is 0 Å². The molecule has 0 spiro atoms. The van der Waals surface area contributed by atoms with Crippen LogP contribution in [0.15, 0.2) is 53.9 Å². The highest BCUT2D eigenvalue weighted by molar-refractivity contribution is 7.14. The molecule has 0 fully saturated rings. The van der Waals surface area contributed by atoms with Gasteiger partial charge in [0.1, 0.15) is 0 Å². The number of halogens is 1. The number of carbonyl (C=O) groups excluding carboxylic acids is 2. The molecule has 0 radical (unpaired) electrons. The van der Waals surface area contributed by atoms with Gasteiger partial charge in [-0.15, -0.1) is 11.3 Å². The van der Waals surface area contributed by atoms with Crippen molar-refractivity contribution in [2.75, 3.05) is 17.2 Å². The minimum Gasteiger partial charge on any atom is -0.338 e. The summed E-state index contributed by atoms with van der Waals surface area (Å²) < 4.78 is 0. The Hall–Kier alpha value is -2.90. The molecule has 2 N–H and O–H groups in total. The molecular weight excluding hydrogens is 408 g/mol. The molecule has 1 aliphatic rings. The zero-order valence-corrected chi connectivity index (χ0v) is 17.1. The zero-order valence-electron chi connectivity index (χ0n) is 15.5. The number of urea groups is 1. The first-order valence-corrected chi connectivity index (χ1v) is 10.4. The second-order valence-electron chi connectivity index (χ2n) is 6.74. The van der Waals surface area contributed by atoms with Gasteiger partial charge in [-0.1, -0.05) is 35.9 Å². The molecule has 29 heavy (non-hydrogen) atoms. The molecule has 0 bridgehead atoms. The van der Waals surface area contributed by atoms with Gasteiger partial charge < -0.3 is 10.2 Å². The largest absolute Gasteiger partial charge is 0.338 e. The summed E-state index contributed by atoms with van der Waals surface area (Å²) in [5.74, 6) is 0.0435. The molecule has 6 nitrogen and oxygen atoms in total. The van der Waals surface area contributed by atoms with Crippen LogP contribution in [0.3, 0.4) is 0 Å². The average Bonchev–Trinajstić information content (AvgIpc) is 3.15. The number of nitrogens with zero attached hydrogens (tertiary/aromatic N) is 2. The van der Waals surface area contributed by atoms with E-state index < -0.39 is 6.03 Å². The summed E-state index contributed by atoms with van der Waals surface area (Å²) in [7, 11) is 0. The third-order valence-electron chi connectivity index (χ3n) is 4.69. The molecule has 1 aromatic heterocycles. The van der Waals surface area contributed by atoms with E-state index in [2.05, 4.69) is 27.8 Å². The lowest BCUT2D eigenvalue weighted by molar-refractivity contribution is -0.131. The van der Waals surface area contributed by atoms with Crippen LogP contribution >= 0.6 is 22.9 Å². The fraction of sp³-hybridized carbons (Fsp3) is 0.190. The van der Waals surface area contributed by atoms with Crippen LogP contribution in [-0.2, 0) is 24.2 Å². The van der Waals surface area contributed by atoms with Crippen LogP contribution in [0.25, 0.3) is 0 Å². The van der Waals surface area contributed by atoms with Crippen molar-refractivity contribution in [3.63, 3.8) is 0 Å². The van der Waals surface area contributed by atoms with Gasteiger partial charge in [0, 0.05) is 29.2 Å². The van der Waals surface area contributed by atoms with Crippen molar-refractivity contribution in [1.29, 1.82) is 0 Å². The maximum absolute atomic E-state index is 12.7. The first-order chi connectivity index (χ1) is 14.1. The Morgan fingerprint density at radius 1 is 1.07 bits per heavy atom. The highest BCUT2D eigenvalue weighted by Gasteiger charge is 2.21. The van der Waals surface area contributed by atoms with E-state index in [9.17, 15) is 9.59 Å². The van der Waals surface area contributed by atoms with Crippen molar-refractivity contribution >= 4 is 45.7 Å². The molecule has 0 aliphatic carbocycles. The lowest BCUT2D eigenvalue weighted by Gasteiger charge is -2.28. The fourth-order valence-electron chi connectivity index (χ4n) is 3.21. The minimum absolute atomic E-state index is 0.0435. The second-order valence-corrected chi connectivity index (χ2v) is 8.04. The minimum atomic E-state index is -0.396. The van der Waals surface area contributed by atoms with Gasteiger partial charge in [-0.25, -0.2) is 9.78 Å². The van der Waals surface area contributed by atoms with Gasteiger partial charge in [-0.3, -0.25) is 10.1 Å². The van der Waals surface area contributed by atoms with E-state index in [0.717, 1.165) is 6.42 Å². The van der Waals surface area contributed by atoms with Crippen LogP contribution in [0, 0.1) is 0 Å². The molecule has 3 amide bonds. The van der Waals surface area contributed by atoms with Crippen LogP contribution in [0.4, 0.5) is 15.6 Å². The van der Waals surface area contributed by atoms with Gasteiger partial charge in [0.15, 0.2) is 5.13 Å². The number of rotatable bonds is 4. The standard InChI is InChI=1S/C21H19ClN4O2S/c22-16-5-7-17(8-6-16)23-20(28)25-21-24-18(13-29-21)11-19(27)26-10-9-14-3-1-2-4-15(14)12-26/h1-8,13H,9-12H2,(H2,23,24,25,28). The molecule has 2 heterocycles. The number of anilines is 2. The summed E-state index contributed by atoms with van der Waals surface area (Å²) in [6.07, 6.45) is 1.09. The molecule has 3 aromatic rings. The Kier molecular flexibility index (Phi) is 5.78. The zero-order chi connectivity index (χ0) is 20.2. The Labute approximate surface area is 177 Å². The summed E-state index contributed by atoms with van der Waals surface area (Å²) in [5, 5.41) is 8.25. The molecule has 0 saturated carbocycles. The van der Waals surface area contributed by atoms with Crippen LogP contribution < -0.4 is 10.6 Å². The van der Waals surface area contributed by atoms with Crippen molar-refractivity contribution in [2.45, 2.75) is 19.4 Å². The van der Waals surface area contributed by atoms with Gasteiger partial charge in [0.25, 0.3) is 0 Å². The Bertz CT molecular complexity index is 1040. The third kappa shape index (κ3) is 4.93. The molecule has 8 heteroatoms. The summed E-state index contributed by atoms with van der Waals surface area (Å²) in [6.45, 7) is 1.35. The van der Waals surface area contributed by atoms with Crippen LogP contribution in [-0.4, -0.2) is 28.4 Å². The third-order valence-corrected chi connectivity index (χ3v) is 5.75. The van der Waals surface area contributed by atoms with Crippen molar-refractivity contribution < 1.29 is 9.59 Å². The van der Waals surface area contributed by atoms with Crippen molar-refractivity contribution in [3.8, 4) is 0 Å². The second kappa shape index (κ2) is 8.63. The first-order valence-electron chi connectivity index (χ1n) is 9.19.